The Hall–Kier alpha value is -3.31. The average Bonchev–Trinajstić information content (AvgIpc) is 2.84. The molecule has 0 spiro atoms. The van der Waals surface area contributed by atoms with Crippen molar-refractivity contribution in [1.82, 2.24) is 10.2 Å². The summed E-state index contributed by atoms with van der Waals surface area (Å²) in [4.78, 5) is 28.5. The largest absolute Gasteiger partial charge is 0.482 e. The lowest BCUT2D eigenvalue weighted by Crippen LogP contribution is -2.45. The minimum absolute atomic E-state index is 0.214. The van der Waals surface area contributed by atoms with Gasteiger partial charge in [0.05, 0.1) is 5.02 Å². The van der Waals surface area contributed by atoms with Crippen LogP contribution in [0.2, 0.25) is 5.02 Å². The summed E-state index contributed by atoms with van der Waals surface area (Å²) in [5.41, 5.74) is 1.66. The Morgan fingerprint density at radius 1 is 0.912 bits per heavy atom. The highest BCUT2D eigenvalue weighted by atomic mass is 35.5. The van der Waals surface area contributed by atoms with Crippen LogP contribution in [0.25, 0.3) is 0 Å². The maximum absolute atomic E-state index is 13.5. The molecule has 0 aromatic heterocycles. The summed E-state index contributed by atoms with van der Waals surface area (Å²) in [6, 6.07) is 25.2. The van der Waals surface area contributed by atoms with Crippen LogP contribution in [0.5, 0.6) is 5.75 Å². The monoisotopic (exact) mass is 478 g/mol. The van der Waals surface area contributed by atoms with Crippen molar-refractivity contribution in [2.75, 3.05) is 13.2 Å². The number of benzene rings is 3. The molecule has 178 valence electrons. The number of nitrogens with one attached hydrogen (secondary N) is 1. The Morgan fingerprint density at radius 2 is 1.53 bits per heavy atom. The summed E-state index contributed by atoms with van der Waals surface area (Å²) in [6.07, 6.45) is 0.857. The van der Waals surface area contributed by atoms with E-state index in [0.29, 0.717) is 23.2 Å². The van der Waals surface area contributed by atoms with Crippen molar-refractivity contribution < 1.29 is 14.3 Å². The van der Waals surface area contributed by atoms with E-state index in [1.807, 2.05) is 60.7 Å². The first-order chi connectivity index (χ1) is 16.5. The number of carbonyl (C=O) groups is 2. The summed E-state index contributed by atoms with van der Waals surface area (Å²) in [6.45, 7) is 4.79. The quantitative estimate of drug-likeness (QED) is 0.387. The molecule has 3 aromatic carbocycles. The van der Waals surface area contributed by atoms with Gasteiger partial charge in [0, 0.05) is 13.1 Å². The number of rotatable bonds is 11. The number of nitrogens with zero attached hydrogens (tertiary/aromatic N) is 1. The molecule has 0 bridgehead atoms. The second kappa shape index (κ2) is 12.8. The highest BCUT2D eigenvalue weighted by Gasteiger charge is 2.31. The molecular weight excluding hydrogens is 448 g/mol. The molecule has 2 amide bonds. The number of hydrogen-bond acceptors (Lipinski definition) is 3. The van der Waals surface area contributed by atoms with Crippen LogP contribution in [0, 0.1) is 5.92 Å². The molecule has 0 saturated heterocycles. The SMILES string of the molecule is CC(C)CCNC(=O)[C@H](c1ccccc1)N(Cc1ccccc1)C(=O)COc1ccccc1Cl. The van der Waals surface area contributed by atoms with Crippen molar-refractivity contribution in [3.8, 4) is 5.75 Å². The Bertz CT molecular complexity index is 1060. The number of para-hydroxylation sites is 1. The van der Waals surface area contributed by atoms with Crippen LogP contribution in [0.4, 0.5) is 0 Å². The molecule has 3 rings (SSSR count). The molecular formula is C28H31ClN2O3. The van der Waals surface area contributed by atoms with Crippen LogP contribution in [-0.4, -0.2) is 29.9 Å². The van der Waals surface area contributed by atoms with E-state index in [1.54, 1.807) is 29.2 Å². The maximum Gasteiger partial charge on any atom is 0.261 e. The van der Waals surface area contributed by atoms with Crippen LogP contribution in [0.15, 0.2) is 84.9 Å². The highest BCUT2D eigenvalue weighted by molar-refractivity contribution is 6.32. The van der Waals surface area contributed by atoms with Gasteiger partial charge in [0.1, 0.15) is 11.8 Å². The van der Waals surface area contributed by atoms with Crippen molar-refractivity contribution in [2.24, 2.45) is 5.92 Å². The van der Waals surface area contributed by atoms with Gasteiger partial charge >= 0.3 is 0 Å². The second-order valence-corrected chi connectivity index (χ2v) is 8.92. The van der Waals surface area contributed by atoms with Gasteiger partial charge in [-0.15, -0.1) is 0 Å². The van der Waals surface area contributed by atoms with E-state index >= 15 is 0 Å². The standard InChI is InChI=1S/C28H31ClN2O3/c1-21(2)17-18-30-28(33)27(23-13-7-4-8-14-23)31(19-22-11-5-3-6-12-22)26(32)20-34-25-16-10-9-15-24(25)29/h3-16,21,27H,17-20H2,1-2H3,(H,30,33)/t27-/m0/s1. The predicted octanol–water partition coefficient (Wildman–Crippen LogP) is 5.65. The lowest BCUT2D eigenvalue weighted by Gasteiger charge is -2.31. The van der Waals surface area contributed by atoms with E-state index in [9.17, 15) is 9.59 Å². The molecule has 5 nitrogen and oxygen atoms in total. The lowest BCUT2D eigenvalue weighted by molar-refractivity contribution is -0.143. The fourth-order valence-corrected chi connectivity index (χ4v) is 3.77. The molecule has 0 saturated carbocycles. The molecule has 0 aliphatic carbocycles. The van der Waals surface area contributed by atoms with Gasteiger partial charge in [-0.3, -0.25) is 9.59 Å². The van der Waals surface area contributed by atoms with Gasteiger partial charge < -0.3 is 15.0 Å². The zero-order valence-electron chi connectivity index (χ0n) is 19.6. The number of carbonyl (C=O) groups excluding carboxylic acids is 2. The third-order valence-corrected chi connectivity index (χ3v) is 5.71. The number of amides is 2. The van der Waals surface area contributed by atoms with Crippen molar-refractivity contribution in [1.29, 1.82) is 0 Å². The zero-order chi connectivity index (χ0) is 24.3. The van der Waals surface area contributed by atoms with E-state index < -0.39 is 6.04 Å². The molecule has 6 heteroatoms. The van der Waals surface area contributed by atoms with Gasteiger partial charge in [-0.1, -0.05) is 98.2 Å². The smallest absolute Gasteiger partial charge is 0.261 e. The molecule has 1 N–H and O–H groups in total. The topological polar surface area (TPSA) is 58.6 Å². The minimum atomic E-state index is -0.795. The molecule has 34 heavy (non-hydrogen) atoms. The van der Waals surface area contributed by atoms with Crippen molar-refractivity contribution in [3.63, 3.8) is 0 Å². The second-order valence-electron chi connectivity index (χ2n) is 8.51. The molecule has 0 fully saturated rings. The Balaban J connectivity index is 1.89. The van der Waals surface area contributed by atoms with E-state index in [0.717, 1.165) is 17.5 Å². The first-order valence-corrected chi connectivity index (χ1v) is 11.9. The fraction of sp³-hybridized carbons (Fsp3) is 0.286. The molecule has 1 atom stereocenters. The average molecular weight is 479 g/mol. The molecule has 0 unspecified atom stereocenters. The molecule has 0 radical (unpaired) electrons. The van der Waals surface area contributed by atoms with Crippen LogP contribution < -0.4 is 10.1 Å². The Kier molecular flexibility index (Phi) is 9.53. The minimum Gasteiger partial charge on any atom is -0.482 e. The predicted molar refractivity (Wildman–Crippen MR) is 136 cm³/mol. The van der Waals surface area contributed by atoms with E-state index in [2.05, 4.69) is 19.2 Å². The summed E-state index contributed by atoms with van der Waals surface area (Å²) < 4.78 is 5.74. The van der Waals surface area contributed by atoms with Crippen molar-refractivity contribution in [2.45, 2.75) is 32.9 Å². The zero-order valence-corrected chi connectivity index (χ0v) is 20.4. The van der Waals surface area contributed by atoms with Gasteiger partial charge in [-0.25, -0.2) is 0 Å². The molecule has 3 aromatic rings. The van der Waals surface area contributed by atoms with Gasteiger partial charge in [0.2, 0.25) is 5.91 Å². The van der Waals surface area contributed by atoms with Gasteiger partial charge in [0.25, 0.3) is 5.91 Å². The van der Waals surface area contributed by atoms with E-state index in [1.165, 1.54) is 0 Å². The Labute approximate surface area is 206 Å². The van der Waals surface area contributed by atoms with E-state index in [-0.39, 0.29) is 25.0 Å². The van der Waals surface area contributed by atoms with Gasteiger partial charge in [-0.05, 0) is 35.6 Å². The molecule has 0 aliphatic heterocycles. The highest BCUT2D eigenvalue weighted by Crippen LogP contribution is 2.26. The number of ether oxygens (including phenoxy) is 1. The maximum atomic E-state index is 13.5. The van der Waals surface area contributed by atoms with Crippen molar-refractivity contribution >= 4 is 23.4 Å². The third-order valence-electron chi connectivity index (χ3n) is 5.40. The number of halogens is 1. The van der Waals surface area contributed by atoms with Gasteiger partial charge in [0.15, 0.2) is 6.61 Å². The summed E-state index contributed by atoms with van der Waals surface area (Å²) in [5.74, 6) is 0.363. The summed E-state index contributed by atoms with van der Waals surface area (Å²) in [5, 5.41) is 3.45. The third kappa shape index (κ3) is 7.35. The van der Waals surface area contributed by atoms with Gasteiger partial charge in [-0.2, -0.15) is 0 Å². The van der Waals surface area contributed by atoms with E-state index in [4.69, 9.17) is 16.3 Å². The van der Waals surface area contributed by atoms with Crippen LogP contribution in [-0.2, 0) is 16.1 Å². The fourth-order valence-electron chi connectivity index (χ4n) is 3.58. The first-order valence-electron chi connectivity index (χ1n) is 11.5. The summed E-state index contributed by atoms with van der Waals surface area (Å²) >= 11 is 6.19. The Morgan fingerprint density at radius 3 is 2.18 bits per heavy atom. The van der Waals surface area contributed by atoms with Crippen molar-refractivity contribution in [3.05, 3.63) is 101 Å². The lowest BCUT2D eigenvalue weighted by atomic mass is 10.0. The molecule has 0 aliphatic rings. The normalized spacial score (nSPS) is 11.6. The molecule has 0 heterocycles. The first kappa shape index (κ1) is 25.3. The van der Waals surface area contributed by atoms with Crippen LogP contribution in [0.3, 0.4) is 0 Å². The number of hydrogen-bond donors (Lipinski definition) is 1. The summed E-state index contributed by atoms with van der Waals surface area (Å²) in [7, 11) is 0. The van der Waals surface area contributed by atoms with Crippen LogP contribution in [0.1, 0.15) is 37.4 Å². The van der Waals surface area contributed by atoms with Crippen LogP contribution >= 0.6 is 11.6 Å².